The second-order valence-corrected chi connectivity index (χ2v) is 4.69. The number of alkyl halides is 1. The van der Waals surface area contributed by atoms with Crippen molar-refractivity contribution in [3.63, 3.8) is 0 Å². The zero-order chi connectivity index (χ0) is 12.1. The van der Waals surface area contributed by atoms with Crippen LogP contribution in [0.25, 0.3) is 10.9 Å². The normalized spacial score (nSPS) is 12.8. The van der Waals surface area contributed by atoms with Crippen LogP contribution < -0.4 is 5.32 Å². The lowest BCUT2D eigenvalue weighted by molar-refractivity contribution is 0.557. The molecule has 0 amide bonds. The third kappa shape index (κ3) is 3.18. The molecule has 1 aromatic carbocycles. The summed E-state index contributed by atoms with van der Waals surface area (Å²) in [5.41, 5.74) is 2.32. The van der Waals surface area contributed by atoms with Gasteiger partial charge in [-0.25, -0.2) is 0 Å². The molecule has 3 heteroatoms. The highest BCUT2D eigenvalue weighted by Crippen LogP contribution is 2.15. The zero-order valence-corrected chi connectivity index (χ0v) is 10.7. The Bertz CT molecular complexity index is 479. The highest BCUT2D eigenvalue weighted by molar-refractivity contribution is 6.18. The van der Waals surface area contributed by atoms with Gasteiger partial charge in [-0.15, -0.1) is 11.6 Å². The van der Waals surface area contributed by atoms with Gasteiger partial charge in [0.2, 0.25) is 0 Å². The van der Waals surface area contributed by atoms with Crippen molar-refractivity contribution in [1.29, 1.82) is 0 Å². The van der Waals surface area contributed by atoms with E-state index in [1.54, 1.807) is 0 Å². The molecule has 0 fully saturated rings. The number of hydrogen-bond acceptors (Lipinski definition) is 2. The number of aromatic nitrogens is 1. The average molecular weight is 249 g/mol. The maximum Gasteiger partial charge on any atom is 0.0746 e. The second kappa shape index (κ2) is 5.99. The summed E-state index contributed by atoms with van der Waals surface area (Å²) < 4.78 is 0. The molecule has 0 aliphatic heterocycles. The van der Waals surface area contributed by atoms with Crippen LogP contribution in [0.15, 0.2) is 36.5 Å². The Hall–Kier alpha value is -1.12. The highest BCUT2D eigenvalue weighted by atomic mass is 35.5. The first kappa shape index (κ1) is 12.3. The fourth-order valence-electron chi connectivity index (χ4n) is 1.82. The van der Waals surface area contributed by atoms with Gasteiger partial charge in [-0.2, -0.15) is 0 Å². The Labute approximate surface area is 107 Å². The fourth-order valence-corrected chi connectivity index (χ4v) is 1.93. The monoisotopic (exact) mass is 248 g/mol. The average Bonchev–Trinajstić information content (AvgIpc) is 2.39. The van der Waals surface area contributed by atoms with Crippen LogP contribution in [0, 0.1) is 5.92 Å². The van der Waals surface area contributed by atoms with E-state index in [1.165, 1.54) is 10.9 Å². The van der Waals surface area contributed by atoms with Crippen LogP contribution in [0.3, 0.4) is 0 Å². The van der Waals surface area contributed by atoms with E-state index >= 15 is 0 Å². The molecule has 17 heavy (non-hydrogen) atoms. The Morgan fingerprint density at radius 3 is 2.94 bits per heavy atom. The fraction of sp³-hybridized carbons (Fsp3) is 0.357. The molecule has 90 valence electrons. The first-order chi connectivity index (χ1) is 8.31. The van der Waals surface area contributed by atoms with Crippen molar-refractivity contribution in [3.05, 3.63) is 42.1 Å². The Balaban J connectivity index is 2.08. The van der Waals surface area contributed by atoms with E-state index in [1.807, 2.05) is 12.3 Å². The van der Waals surface area contributed by atoms with Crippen LogP contribution in [0.4, 0.5) is 0 Å². The van der Waals surface area contributed by atoms with Gasteiger partial charge in [-0.05, 0) is 24.1 Å². The molecular formula is C14H17ClN2. The summed E-state index contributed by atoms with van der Waals surface area (Å²) in [4.78, 5) is 4.43. The maximum atomic E-state index is 5.78. The summed E-state index contributed by atoms with van der Waals surface area (Å²) >= 11 is 5.78. The highest BCUT2D eigenvalue weighted by Gasteiger charge is 2.03. The van der Waals surface area contributed by atoms with Crippen molar-refractivity contribution in [3.8, 4) is 0 Å². The number of fused-ring (bicyclic) bond motifs is 1. The molecule has 1 aromatic heterocycles. The van der Waals surface area contributed by atoms with Crippen LogP contribution in [0.1, 0.15) is 12.5 Å². The van der Waals surface area contributed by atoms with E-state index in [0.717, 1.165) is 18.6 Å². The molecule has 0 spiro atoms. The number of nitrogens with zero attached hydrogens (tertiary/aromatic N) is 1. The molecule has 0 radical (unpaired) electrons. The van der Waals surface area contributed by atoms with Crippen LogP contribution >= 0.6 is 11.6 Å². The van der Waals surface area contributed by atoms with E-state index in [2.05, 4.69) is 41.5 Å². The molecule has 0 saturated heterocycles. The molecule has 1 atom stereocenters. The van der Waals surface area contributed by atoms with Gasteiger partial charge in [0.25, 0.3) is 0 Å². The first-order valence-corrected chi connectivity index (χ1v) is 6.44. The molecule has 2 nitrogen and oxygen atoms in total. The van der Waals surface area contributed by atoms with E-state index in [9.17, 15) is 0 Å². The van der Waals surface area contributed by atoms with Gasteiger partial charge < -0.3 is 5.32 Å². The largest absolute Gasteiger partial charge is 0.312 e. The van der Waals surface area contributed by atoms with E-state index < -0.39 is 0 Å². The molecule has 0 saturated carbocycles. The third-order valence-electron chi connectivity index (χ3n) is 2.79. The van der Waals surface area contributed by atoms with Crippen molar-refractivity contribution in [1.82, 2.24) is 10.3 Å². The number of rotatable bonds is 5. The first-order valence-electron chi connectivity index (χ1n) is 5.90. The number of nitrogens with one attached hydrogen (secondary N) is 1. The molecule has 0 aliphatic rings. The van der Waals surface area contributed by atoms with Crippen molar-refractivity contribution < 1.29 is 0 Å². The summed E-state index contributed by atoms with van der Waals surface area (Å²) in [5.74, 6) is 1.19. The molecule has 1 heterocycles. The Kier molecular flexibility index (Phi) is 4.35. The van der Waals surface area contributed by atoms with E-state index in [4.69, 9.17) is 11.6 Å². The minimum absolute atomic E-state index is 0.500. The molecule has 0 bridgehead atoms. The summed E-state index contributed by atoms with van der Waals surface area (Å²) in [6.45, 7) is 3.92. The predicted molar refractivity (Wildman–Crippen MR) is 73.3 cm³/mol. The van der Waals surface area contributed by atoms with Crippen LogP contribution in [0.2, 0.25) is 0 Å². The topological polar surface area (TPSA) is 24.9 Å². The lowest BCUT2D eigenvalue weighted by Crippen LogP contribution is -2.21. The maximum absolute atomic E-state index is 5.78. The summed E-state index contributed by atoms with van der Waals surface area (Å²) in [5, 5.41) is 4.61. The smallest absolute Gasteiger partial charge is 0.0746 e. The van der Waals surface area contributed by atoms with Crippen LogP contribution in [0.5, 0.6) is 0 Å². The number of hydrogen-bond donors (Lipinski definition) is 1. The van der Waals surface area contributed by atoms with Crippen molar-refractivity contribution >= 4 is 22.5 Å². The molecule has 1 unspecified atom stereocenters. The quantitative estimate of drug-likeness (QED) is 0.822. The van der Waals surface area contributed by atoms with E-state index in [-0.39, 0.29) is 0 Å². The molecule has 2 aromatic rings. The van der Waals surface area contributed by atoms with Crippen molar-refractivity contribution in [2.75, 3.05) is 12.4 Å². The van der Waals surface area contributed by atoms with Gasteiger partial charge >= 0.3 is 0 Å². The SMILES string of the molecule is CC(CCl)CNCc1cccc2cccnc12. The summed E-state index contributed by atoms with van der Waals surface area (Å²) in [6, 6.07) is 10.3. The molecular weight excluding hydrogens is 232 g/mol. The predicted octanol–water partition coefficient (Wildman–Crippen LogP) is 3.20. The minimum Gasteiger partial charge on any atom is -0.312 e. The van der Waals surface area contributed by atoms with E-state index in [0.29, 0.717) is 11.8 Å². The summed E-state index contributed by atoms with van der Waals surface area (Å²) in [6.07, 6.45) is 1.84. The van der Waals surface area contributed by atoms with Crippen molar-refractivity contribution in [2.45, 2.75) is 13.5 Å². The standard InChI is InChI=1S/C14H17ClN2/c1-11(8-15)9-16-10-13-5-2-4-12-6-3-7-17-14(12)13/h2-7,11,16H,8-10H2,1H3. The van der Waals surface area contributed by atoms with Crippen LogP contribution in [-0.2, 0) is 6.54 Å². The Morgan fingerprint density at radius 1 is 1.29 bits per heavy atom. The van der Waals surface area contributed by atoms with Gasteiger partial charge in [0, 0.05) is 24.0 Å². The minimum atomic E-state index is 0.500. The molecule has 2 rings (SSSR count). The van der Waals surface area contributed by atoms with Gasteiger partial charge in [-0.3, -0.25) is 4.98 Å². The number of benzene rings is 1. The van der Waals surface area contributed by atoms with Crippen molar-refractivity contribution in [2.24, 2.45) is 5.92 Å². The number of halogens is 1. The van der Waals surface area contributed by atoms with Gasteiger partial charge in [0.05, 0.1) is 5.52 Å². The van der Waals surface area contributed by atoms with Gasteiger partial charge in [0.15, 0.2) is 0 Å². The Morgan fingerprint density at radius 2 is 2.12 bits per heavy atom. The van der Waals surface area contributed by atoms with Crippen LogP contribution in [-0.4, -0.2) is 17.4 Å². The van der Waals surface area contributed by atoms with Gasteiger partial charge in [-0.1, -0.05) is 31.2 Å². The third-order valence-corrected chi connectivity index (χ3v) is 3.31. The number of para-hydroxylation sites is 1. The number of pyridine rings is 1. The second-order valence-electron chi connectivity index (χ2n) is 4.38. The lowest BCUT2D eigenvalue weighted by Gasteiger charge is -2.10. The lowest BCUT2D eigenvalue weighted by atomic mass is 10.1. The zero-order valence-electron chi connectivity index (χ0n) is 9.99. The van der Waals surface area contributed by atoms with Gasteiger partial charge in [0.1, 0.15) is 0 Å². The molecule has 1 N–H and O–H groups in total. The summed E-state index contributed by atoms with van der Waals surface area (Å²) in [7, 11) is 0. The molecule has 0 aliphatic carbocycles.